The van der Waals surface area contributed by atoms with Gasteiger partial charge in [0.15, 0.2) is 5.76 Å². The molecule has 5 nitrogen and oxygen atoms in total. The number of ether oxygens (including phenoxy) is 2. The van der Waals surface area contributed by atoms with Gasteiger partial charge in [-0.05, 0) is 42.0 Å². The zero-order valence-electron chi connectivity index (χ0n) is 17.0. The molecular formula is C25H19ClO5. The van der Waals surface area contributed by atoms with E-state index in [0.29, 0.717) is 28.3 Å². The first-order valence-electron chi connectivity index (χ1n) is 9.62. The van der Waals surface area contributed by atoms with Crippen LogP contribution in [0.15, 0.2) is 75.9 Å². The first-order chi connectivity index (χ1) is 15.0. The molecule has 156 valence electrons. The molecule has 1 heterocycles. The normalized spacial score (nSPS) is 10.8. The number of esters is 1. The number of hydrogen-bond acceptors (Lipinski definition) is 5. The number of carbonyl (C=O) groups is 1. The van der Waals surface area contributed by atoms with Crippen LogP contribution in [-0.2, 0) is 11.2 Å². The molecule has 0 aliphatic rings. The van der Waals surface area contributed by atoms with Crippen LogP contribution >= 0.6 is 11.6 Å². The topological polar surface area (TPSA) is 65.7 Å². The van der Waals surface area contributed by atoms with Crippen molar-refractivity contribution in [2.24, 2.45) is 0 Å². The molecule has 0 amide bonds. The van der Waals surface area contributed by atoms with Crippen LogP contribution in [0.5, 0.6) is 11.5 Å². The Morgan fingerprint density at radius 1 is 1.03 bits per heavy atom. The van der Waals surface area contributed by atoms with Crippen molar-refractivity contribution in [3.05, 3.63) is 93.1 Å². The van der Waals surface area contributed by atoms with Gasteiger partial charge in [0.05, 0.1) is 12.5 Å². The Morgan fingerprint density at radius 2 is 1.74 bits per heavy atom. The highest BCUT2D eigenvalue weighted by Crippen LogP contribution is 2.35. The average molecular weight is 435 g/mol. The fraction of sp³-hybridized carbons (Fsp3) is 0.120. The molecule has 0 saturated carbocycles. The number of hydrogen-bond donors (Lipinski definition) is 0. The summed E-state index contributed by atoms with van der Waals surface area (Å²) in [6.07, 6.45) is 0.524. The summed E-state index contributed by atoms with van der Waals surface area (Å²) in [4.78, 5) is 25.0. The van der Waals surface area contributed by atoms with Crippen molar-refractivity contribution in [3.8, 4) is 22.8 Å². The Hall–Kier alpha value is -3.57. The van der Waals surface area contributed by atoms with Gasteiger partial charge in [-0.25, -0.2) is 0 Å². The lowest BCUT2D eigenvalue weighted by atomic mass is 10.0. The van der Waals surface area contributed by atoms with Crippen LogP contribution in [0, 0.1) is 0 Å². The zero-order chi connectivity index (χ0) is 22.0. The minimum absolute atomic E-state index is 0.168. The zero-order valence-corrected chi connectivity index (χ0v) is 17.7. The van der Waals surface area contributed by atoms with Gasteiger partial charge in [-0.3, -0.25) is 9.59 Å². The van der Waals surface area contributed by atoms with Crippen molar-refractivity contribution in [2.75, 3.05) is 7.11 Å². The Balaban J connectivity index is 1.98. The number of benzene rings is 3. The summed E-state index contributed by atoms with van der Waals surface area (Å²) in [6.45, 7) is 1.24. The molecule has 0 fully saturated rings. The third-order valence-electron chi connectivity index (χ3n) is 4.83. The van der Waals surface area contributed by atoms with Gasteiger partial charge in [-0.15, -0.1) is 0 Å². The number of rotatable bonds is 5. The Bertz CT molecular complexity index is 1310. The third-order valence-corrected chi connectivity index (χ3v) is 5.05. The van der Waals surface area contributed by atoms with E-state index in [2.05, 4.69) is 0 Å². The van der Waals surface area contributed by atoms with E-state index in [9.17, 15) is 9.59 Å². The third kappa shape index (κ3) is 4.32. The van der Waals surface area contributed by atoms with Crippen molar-refractivity contribution < 1.29 is 18.7 Å². The molecular weight excluding hydrogens is 416 g/mol. The van der Waals surface area contributed by atoms with E-state index >= 15 is 0 Å². The van der Waals surface area contributed by atoms with Gasteiger partial charge in [0.1, 0.15) is 11.3 Å². The Kier molecular flexibility index (Phi) is 5.78. The molecule has 0 atom stereocenters. The second kappa shape index (κ2) is 8.66. The standard InChI is InChI=1S/C25H19ClO5/c1-15(27)30-25-22(28)21-14-19(26)13-18(12-16-6-4-3-5-7-16)23(21)31-24(25)17-8-10-20(29-2)11-9-17/h3-11,13-14H,12H2,1-2H3. The summed E-state index contributed by atoms with van der Waals surface area (Å²) in [6, 6.07) is 20.1. The molecule has 0 bridgehead atoms. The summed E-state index contributed by atoms with van der Waals surface area (Å²) in [7, 11) is 1.56. The summed E-state index contributed by atoms with van der Waals surface area (Å²) < 4.78 is 16.7. The van der Waals surface area contributed by atoms with Gasteiger partial charge in [0.2, 0.25) is 11.2 Å². The summed E-state index contributed by atoms with van der Waals surface area (Å²) in [5, 5.41) is 0.656. The predicted octanol–water partition coefficient (Wildman–Crippen LogP) is 5.64. The molecule has 1 aromatic heterocycles. The van der Waals surface area contributed by atoms with Crippen molar-refractivity contribution in [1.29, 1.82) is 0 Å². The van der Waals surface area contributed by atoms with Gasteiger partial charge in [-0.2, -0.15) is 0 Å². The van der Waals surface area contributed by atoms with E-state index in [1.165, 1.54) is 13.0 Å². The Morgan fingerprint density at radius 3 is 2.39 bits per heavy atom. The quantitative estimate of drug-likeness (QED) is 0.380. The smallest absolute Gasteiger partial charge is 0.308 e. The second-order valence-corrected chi connectivity index (χ2v) is 7.45. The van der Waals surface area contributed by atoms with Crippen LogP contribution in [0.4, 0.5) is 0 Å². The van der Waals surface area contributed by atoms with Gasteiger partial charge in [0, 0.05) is 29.5 Å². The highest BCUT2D eigenvalue weighted by Gasteiger charge is 2.21. The van der Waals surface area contributed by atoms with Crippen LogP contribution in [0.25, 0.3) is 22.3 Å². The van der Waals surface area contributed by atoms with E-state index in [-0.39, 0.29) is 16.9 Å². The molecule has 0 unspecified atom stereocenters. The second-order valence-electron chi connectivity index (χ2n) is 7.02. The summed E-state index contributed by atoms with van der Waals surface area (Å²) in [5.74, 6) is 0.0375. The van der Waals surface area contributed by atoms with Crippen molar-refractivity contribution in [1.82, 2.24) is 0 Å². The molecule has 0 spiro atoms. The van der Waals surface area contributed by atoms with E-state index in [0.717, 1.165) is 11.1 Å². The van der Waals surface area contributed by atoms with Crippen LogP contribution in [0.3, 0.4) is 0 Å². The largest absolute Gasteiger partial charge is 0.497 e. The van der Waals surface area contributed by atoms with Crippen molar-refractivity contribution in [2.45, 2.75) is 13.3 Å². The molecule has 0 aliphatic heterocycles. The molecule has 0 radical (unpaired) electrons. The van der Waals surface area contributed by atoms with Crippen LogP contribution in [-0.4, -0.2) is 13.1 Å². The van der Waals surface area contributed by atoms with E-state index < -0.39 is 11.4 Å². The Labute approximate surface area is 183 Å². The maximum Gasteiger partial charge on any atom is 0.308 e. The highest BCUT2D eigenvalue weighted by atomic mass is 35.5. The number of halogens is 1. The lowest BCUT2D eigenvalue weighted by Crippen LogP contribution is -2.14. The predicted molar refractivity (Wildman–Crippen MR) is 120 cm³/mol. The number of carbonyl (C=O) groups excluding carboxylic acids is 1. The maximum atomic E-state index is 13.3. The van der Waals surface area contributed by atoms with Crippen LogP contribution in [0.1, 0.15) is 18.1 Å². The average Bonchev–Trinajstić information content (AvgIpc) is 2.76. The SMILES string of the molecule is COc1ccc(-c2oc3c(Cc4ccccc4)cc(Cl)cc3c(=O)c2OC(C)=O)cc1. The molecule has 0 saturated heterocycles. The lowest BCUT2D eigenvalue weighted by Gasteiger charge is -2.13. The van der Waals surface area contributed by atoms with Gasteiger partial charge in [0.25, 0.3) is 0 Å². The first kappa shape index (κ1) is 20.7. The maximum absolute atomic E-state index is 13.3. The number of fused-ring (bicyclic) bond motifs is 1. The highest BCUT2D eigenvalue weighted by molar-refractivity contribution is 6.31. The molecule has 31 heavy (non-hydrogen) atoms. The monoisotopic (exact) mass is 434 g/mol. The minimum Gasteiger partial charge on any atom is -0.497 e. The molecule has 6 heteroatoms. The van der Waals surface area contributed by atoms with Gasteiger partial charge >= 0.3 is 5.97 Å². The van der Waals surface area contributed by atoms with Crippen molar-refractivity contribution in [3.63, 3.8) is 0 Å². The van der Waals surface area contributed by atoms with Crippen LogP contribution in [0.2, 0.25) is 5.02 Å². The molecule has 0 aliphatic carbocycles. The van der Waals surface area contributed by atoms with Crippen LogP contribution < -0.4 is 14.9 Å². The molecule has 4 aromatic rings. The fourth-order valence-electron chi connectivity index (χ4n) is 3.43. The molecule has 4 rings (SSSR count). The summed E-state index contributed by atoms with van der Waals surface area (Å²) >= 11 is 6.31. The van der Waals surface area contributed by atoms with E-state index in [1.807, 2.05) is 30.3 Å². The number of methoxy groups -OCH3 is 1. The van der Waals surface area contributed by atoms with Crippen molar-refractivity contribution >= 4 is 28.5 Å². The van der Waals surface area contributed by atoms with Gasteiger partial charge in [-0.1, -0.05) is 41.9 Å². The van der Waals surface area contributed by atoms with E-state index in [1.54, 1.807) is 37.4 Å². The lowest BCUT2D eigenvalue weighted by molar-refractivity contribution is -0.131. The minimum atomic E-state index is -0.618. The van der Waals surface area contributed by atoms with E-state index in [4.69, 9.17) is 25.5 Å². The molecule has 0 N–H and O–H groups in total. The van der Waals surface area contributed by atoms with Gasteiger partial charge < -0.3 is 13.9 Å². The summed E-state index contributed by atoms with van der Waals surface area (Å²) in [5.41, 5.74) is 2.33. The fourth-order valence-corrected chi connectivity index (χ4v) is 3.67. The molecule has 3 aromatic carbocycles. The first-order valence-corrected chi connectivity index (χ1v) is 10.00.